The van der Waals surface area contributed by atoms with E-state index in [4.69, 9.17) is 5.73 Å². The van der Waals surface area contributed by atoms with Crippen LogP contribution in [-0.2, 0) is 6.42 Å². The zero-order valence-corrected chi connectivity index (χ0v) is 10.4. The number of amides is 2. The van der Waals surface area contributed by atoms with Crippen LogP contribution in [0.5, 0.6) is 0 Å². The fourth-order valence-electron chi connectivity index (χ4n) is 2.62. The average molecular weight is 245 g/mol. The molecule has 2 amide bonds. The third-order valence-electron chi connectivity index (χ3n) is 3.86. The molecule has 18 heavy (non-hydrogen) atoms. The van der Waals surface area contributed by atoms with E-state index in [1.54, 1.807) is 4.90 Å². The highest BCUT2D eigenvalue weighted by Crippen LogP contribution is 2.27. The Labute approximate surface area is 107 Å². The van der Waals surface area contributed by atoms with Crippen molar-refractivity contribution in [3.63, 3.8) is 0 Å². The molecular formula is C14H19N3O. The molecule has 1 atom stereocenters. The Balaban J connectivity index is 1.80. The molecule has 3 N–H and O–H groups in total. The molecule has 1 saturated carbocycles. The predicted molar refractivity (Wildman–Crippen MR) is 71.6 cm³/mol. The third-order valence-corrected chi connectivity index (χ3v) is 3.86. The molecule has 1 aromatic rings. The summed E-state index contributed by atoms with van der Waals surface area (Å²) in [6.45, 7) is 0.607. The van der Waals surface area contributed by atoms with E-state index in [1.807, 2.05) is 18.2 Å². The van der Waals surface area contributed by atoms with E-state index >= 15 is 0 Å². The largest absolute Gasteiger partial charge is 0.335 e. The van der Waals surface area contributed by atoms with Crippen molar-refractivity contribution < 1.29 is 4.79 Å². The van der Waals surface area contributed by atoms with Crippen LogP contribution >= 0.6 is 0 Å². The Morgan fingerprint density at radius 3 is 2.83 bits per heavy atom. The lowest BCUT2D eigenvalue weighted by atomic mass is 9.93. The summed E-state index contributed by atoms with van der Waals surface area (Å²) < 4.78 is 0. The Morgan fingerprint density at radius 2 is 2.11 bits per heavy atom. The Bertz CT molecular complexity index is 456. The first kappa shape index (κ1) is 11.5. The second kappa shape index (κ2) is 4.61. The van der Waals surface area contributed by atoms with Crippen LogP contribution in [0.15, 0.2) is 24.3 Å². The molecule has 1 fully saturated rings. The molecule has 0 bridgehead atoms. The molecule has 4 heteroatoms. The second-order valence-corrected chi connectivity index (χ2v) is 5.28. The normalized spacial score (nSPS) is 23.2. The van der Waals surface area contributed by atoms with Gasteiger partial charge in [-0.05, 0) is 37.3 Å². The van der Waals surface area contributed by atoms with Gasteiger partial charge in [-0.15, -0.1) is 0 Å². The van der Waals surface area contributed by atoms with Gasteiger partial charge >= 0.3 is 6.03 Å². The van der Waals surface area contributed by atoms with Crippen molar-refractivity contribution in [3.05, 3.63) is 29.8 Å². The van der Waals surface area contributed by atoms with Crippen molar-refractivity contribution in [2.24, 2.45) is 5.73 Å². The zero-order valence-electron chi connectivity index (χ0n) is 10.4. The number of nitrogens with zero attached hydrogens (tertiary/aromatic N) is 1. The minimum Gasteiger partial charge on any atom is -0.335 e. The van der Waals surface area contributed by atoms with Crippen LogP contribution in [0.4, 0.5) is 10.5 Å². The van der Waals surface area contributed by atoms with Gasteiger partial charge in [0, 0.05) is 24.3 Å². The van der Waals surface area contributed by atoms with Gasteiger partial charge in [0.1, 0.15) is 0 Å². The number of hydrogen-bond donors (Lipinski definition) is 2. The first-order valence-corrected chi connectivity index (χ1v) is 6.65. The first-order valence-electron chi connectivity index (χ1n) is 6.65. The van der Waals surface area contributed by atoms with Crippen LogP contribution in [0.1, 0.15) is 24.8 Å². The molecule has 0 saturated heterocycles. The number of fused-ring (bicyclic) bond motifs is 1. The van der Waals surface area contributed by atoms with Crippen LogP contribution in [0.2, 0.25) is 0 Å². The van der Waals surface area contributed by atoms with Gasteiger partial charge in [-0.25, -0.2) is 4.79 Å². The van der Waals surface area contributed by atoms with Crippen LogP contribution in [-0.4, -0.2) is 24.7 Å². The van der Waals surface area contributed by atoms with Gasteiger partial charge in [0.2, 0.25) is 0 Å². The molecule has 1 unspecified atom stereocenters. The molecule has 1 heterocycles. The predicted octanol–water partition coefficient (Wildman–Crippen LogP) is 1.64. The van der Waals surface area contributed by atoms with E-state index in [0.29, 0.717) is 12.6 Å². The lowest BCUT2D eigenvalue weighted by molar-refractivity contribution is 0.233. The summed E-state index contributed by atoms with van der Waals surface area (Å²) in [5.41, 5.74) is 8.21. The number of nitrogens with two attached hydrogens (primary N) is 1. The SMILES string of the molecule is NC1Cc2ccccc2N(C(=O)NC2CCC2)C1. The van der Waals surface area contributed by atoms with E-state index in [9.17, 15) is 4.79 Å². The maximum Gasteiger partial charge on any atom is 0.322 e. The van der Waals surface area contributed by atoms with E-state index in [-0.39, 0.29) is 12.1 Å². The first-order chi connectivity index (χ1) is 8.74. The van der Waals surface area contributed by atoms with Crippen molar-refractivity contribution in [3.8, 4) is 0 Å². The van der Waals surface area contributed by atoms with Gasteiger partial charge in [-0.3, -0.25) is 4.90 Å². The number of para-hydroxylation sites is 1. The number of nitrogens with one attached hydrogen (secondary N) is 1. The van der Waals surface area contributed by atoms with Crippen LogP contribution in [0, 0.1) is 0 Å². The minimum atomic E-state index is 0.00213. The standard InChI is InChI=1S/C14H19N3O/c15-11-8-10-4-1-2-7-13(10)17(9-11)14(18)16-12-5-3-6-12/h1-2,4,7,11-12H,3,5-6,8-9,15H2,(H,16,18). The number of urea groups is 1. The van der Waals surface area contributed by atoms with Gasteiger partial charge < -0.3 is 11.1 Å². The summed E-state index contributed by atoms with van der Waals surface area (Å²) in [4.78, 5) is 14.1. The van der Waals surface area contributed by atoms with Crippen molar-refractivity contribution in [1.82, 2.24) is 5.32 Å². The molecule has 0 radical (unpaired) electrons. The molecule has 3 rings (SSSR count). The number of hydrogen-bond acceptors (Lipinski definition) is 2. The number of rotatable bonds is 1. The smallest absolute Gasteiger partial charge is 0.322 e. The molecule has 1 aliphatic carbocycles. The summed E-state index contributed by atoms with van der Waals surface area (Å²) >= 11 is 0. The molecule has 1 aromatic carbocycles. The monoisotopic (exact) mass is 245 g/mol. The van der Waals surface area contributed by atoms with E-state index in [1.165, 1.54) is 12.0 Å². The highest BCUT2D eigenvalue weighted by molar-refractivity contribution is 5.93. The highest BCUT2D eigenvalue weighted by Gasteiger charge is 2.28. The van der Waals surface area contributed by atoms with Gasteiger partial charge in [-0.1, -0.05) is 18.2 Å². The molecule has 4 nitrogen and oxygen atoms in total. The quantitative estimate of drug-likeness (QED) is 0.790. The number of benzene rings is 1. The van der Waals surface area contributed by atoms with Gasteiger partial charge in [0.25, 0.3) is 0 Å². The highest BCUT2D eigenvalue weighted by atomic mass is 16.2. The van der Waals surface area contributed by atoms with E-state index in [0.717, 1.165) is 24.9 Å². The lowest BCUT2D eigenvalue weighted by Crippen LogP contribution is -2.53. The molecule has 0 spiro atoms. The van der Waals surface area contributed by atoms with Gasteiger partial charge in [0.05, 0.1) is 0 Å². The van der Waals surface area contributed by atoms with E-state index < -0.39 is 0 Å². The summed E-state index contributed by atoms with van der Waals surface area (Å²) in [6, 6.07) is 8.43. The fraction of sp³-hybridized carbons (Fsp3) is 0.500. The lowest BCUT2D eigenvalue weighted by Gasteiger charge is -2.35. The third kappa shape index (κ3) is 2.08. The van der Waals surface area contributed by atoms with Gasteiger partial charge in [0.15, 0.2) is 0 Å². The molecule has 1 aliphatic heterocycles. The molecular weight excluding hydrogens is 226 g/mol. The van der Waals surface area contributed by atoms with Gasteiger partial charge in [-0.2, -0.15) is 0 Å². The van der Waals surface area contributed by atoms with Crippen LogP contribution < -0.4 is 16.0 Å². The van der Waals surface area contributed by atoms with Crippen molar-refractivity contribution >= 4 is 11.7 Å². The van der Waals surface area contributed by atoms with Crippen molar-refractivity contribution in [1.29, 1.82) is 0 Å². The number of carbonyl (C=O) groups excluding carboxylic acids is 1. The maximum atomic E-state index is 12.3. The topological polar surface area (TPSA) is 58.4 Å². The second-order valence-electron chi connectivity index (χ2n) is 5.28. The maximum absolute atomic E-state index is 12.3. The average Bonchev–Trinajstić information content (AvgIpc) is 2.32. The van der Waals surface area contributed by atoms with Crippen molar-refractivity contribution in [2.75, 3.05) is 11.4 Å². The summed E-state index contributed by atoms with van der Waals surface area (Å²) in [5.74, 6) is 0. The van der Waals surface area contributed by atoms with Crippen LogP contribution in [0.3, 0.4) is 0 Å². The Morgan fingerprint density at radius 1 is 1.33 bits per heavy atom. The molecule has 0 aromatic heterocycles. The number of anilines is 1. The van der Waals surface area contributed by atoms with E-state index in [2.05, 4.69) is 11.4 Å². The Hall–Kier alpha value is -1.55. The zero-order chi connectivity index (χ0) is 12.5. The summed E-state index contributed by atoms with van der Waals surface area (Å²) in [5, 5.41) is 3.08. The molecule has 96 valence electrons. The summed E-state index contributed by atoms with van der Waals surface area (Å²) in [7, 11) is 0. The number of carbonyl (C=O) groups is 1. The van der Waals surface area contributed by atoms with Crippen molar-refractivity contribution in [2.45, 2.75) is 37.8 Å². The molecule has 2 aliphatic rings. The fourth-order valence-corrected chi connectivity index (χ4v) is 2.62. The Kier molecular flexibility index (Phi) is 2.96. The van der Waals surface area contributed by atoms with Crippen LogP contribution in [0.25, 0.3) is 0 Å². The minimum absolute atomic E-state index is 0.00213. The summed E-state index contributed by atoms with van der Waals surface area (Å²) in [6.07, 6.45) is 4.28.